The van der Waals surface area contributed by atoms with Gasteiger partial charge >= 0.3 is 6.18 Å². The van der Waals surface area contributed by atoms with E-state index >= 15 is 13.2 Å². The summed E-state index contributed by atoms with van der Waals surface area (Å²) in [4.78, 5) is 12.0. The summed E-state index contributed by atoms with van der Waals surface area (Å²) >= 11 is 1.25. The standard InChI is InChI=1S/C86H58B2F3N5S/c1-57-27-20-23-44-74(57)96-78-53-68(92(62-33-12-4-13-34-62)63-35-14-5-15-36-63)52-77-82(78)87(70-42-21-24-45-75(70)94(77)64-37-16-6-17-38-64)72-56-73-85(81(84(72)96)86(89,90)91)97-80-55-69(54-79-83(80)88(73)71-43-22-25-46-76(71)95(79)65-39-18-7-19-40-65)93(66-49-47-60(48-50-66)58-28-8-2-9-29-58)67-41-26-32-61(51-67)59-30-10-3-11-31-59/h2-56H,1H3. The molecule has 0 unspecified atom stereocenters. The van der Waals surface area contributed by atoms with Crippen LogP contribution in [0, 0.1) is 6.92 Å². The van der Waals surface area contributed by atoms with E-state index < -0.39 is 25.2 Å². The van der Waals surface area contributed by atoms with Crippen LogP contribution in [0.2, 0.25) is 0 Å². The number of halogens is 3. The fourth-order valence-corrected chi connectivity index (χ4v) is 16.8. The lowest BCUT2D eigenvalue weighted by Gasteiger charge is -2.47. The summed E-state index contributed by atoms with van der Waals surface area (Å²) in [6.45, 7) is 0.731. The van der Waals surface area contributed by atoms with Crippen LogP contribution in [0.25, 0.3) is 22.3 Å². The Labute approximate surface area is 567 Å². The van der Waals surface area contributed by atoms with Gasteiger partial charge in [-0.25, -0.2) is 0 Å². The van der Waals surface area contributed by atoms with E-state index in [4.69, 9.17) is 0 Å². The highest BCUT2D eigenvalue weighted by atomic mass is 32.2. The van der Waals surface area contributed by atoms with Gasteiger partial charge in [0.25, 0.3) is 6.71 Å². The summed E-state index contributed by atoms with van der Waals surface area (Å²) in [6, 6.07) is 115. The number of rotatable bonds is 11. The van der Waals surface area contributed by atoms with Crippen LogP contribution >= 0.6 is 11.8 Å². The molecule has 97 heavy (non-hydrogen) atoms. The highest BCUT2D eigenvalue weighted by molar-refractivity contribution is 8.00. The maximum atomic E-state index is 18.3. The maximum Gasteiger partial charge on any atom is 0.419 e. The predicted octanol–water partition coefficient (Wildman–Crippen LogP) is 20.1. The van der Waals surface area contributed by atoms with Crippen molar-refractivity contribution in [2.24, 2.45) is 0 Å². The van der Waals surface area contributed by atoms with Gasteiger partial charge in [0, 0.05) is 83.7 Å². The summed E-state index contributed by atoms with van der Waals surface area (Å²) in [5, 5.41) is 0. The first-order valence-electron chi connectivity index (χ1n) is 32.8. The Morgan fingerprint density at radius 3 is 1.28 bits per heavy atom. The Kier molecular flexibility index (Phi) is 14.0. The molecule has 14 aromatic carbocycles. The van der Waals surface area contributed by atoms with Gasteiger partial charge in [0.15, 0.2) is 0 Å². The van der Waals surface area contributed by atoms with Gasteiger partial charge in [-0.15, -0.1) is 0 Å². The summed E-state index contributed by atoms with van der Waals surface area (Å²) in [5.74, 6) is 0. The van der Waals surface area contributed by atoms with E-state index in [1.807, 2.05) is 121 Å². The molecule has 0 saturated heterocycles. The summed E-state index contributed by atoms with van der Waals surface area (Å²) in [7, 11) is 0. The number of para-hydroxylation sites is 7. The number of alkyl halides is 3. The first-order valence-corrected chi connectivity index (χ1v) is 33.6. The molecule has 0 bridgehead atoms. The van der Waals surface area contributed by atoms with Crippen LogP contribution in [0.1, 0.15) is 11.1 Å². The topological polar surface area (TPSA) is 16.2 Å². The van der Waals surface area contributed by atoms with Crippen molar-refractivity contribution in [3.05, 3.63) is 345 Å². The van der Waals surface area contributed by atoms with E-state index in [0.717, 1.165) is 123 Å². The smallest absolute Gasteiger partial charge is 0.311 e. The SMILES string of the molecule is Cc1ccccc1N1c2cc(N(c3ccccc3)c3ccccc3)cc3c2B(c2ccccc2N3c2ccccc2)c2cc3c(c(C(F)(F)F)c21)Sc1cc(N(c2ccc(-c4ccccc4)cc2)c2cccc(-c4ccccc4)c2)cc2c1B3c1ccccc1N2c1ccccc1. The molecule has 5 nitrogen and oxygen atoms in total. The average molecular weight is 1270 g/mol. The van der Waals surface area contributed by atoms with Crippen molar-refractivity contribution in [2.45, 2.75) is 22.9 Å². The Morgan fingerprint density at radius 2 is 0.722 bits per heavy atom. The van der Waals surface area contributed by atoms with E-state index in [1.54, 1.807) is 0 Å². The van der Waals surface area contributed by atoms with Gasteiger partial charge in [0.1, 0.15) is 0 Å². The van der Waals surface area contributed by atoms with E-state index in [9.17, 15) is 0 Å². The van der Waals surface area contributed by atoms with Crippen LogP contribution in [0.15, 0.2) is 343 Å². The highest BCUT2D eigenvalue weighted by Gasteiger charge is 2.53. The van der Waals surface area contributed by atoms with Crippen molar-refractivity contribution in [2.75, 3.05) is 24.5 Å². The second kappa shape index (κ2) is 23.4. The molecule has 0 aromatic heterocycles. The fraction of sp³-hybridized carbons (Fsp3) is 0.0233. The van der Waals surface area contributed by atoms with Crippen molar-refractivity contribution >= 4 is 143 Å². The first kappa shape index (κ1) is 58.0. The molecule has 11 heteroatoms. The molecule has 0 fully saturated rings. The first-order chi connectivity index (χ1) is 47.7. The summed E-state index contributed by atoms with van der Waals surface area (Å²) < 4.78 is 54.8. The van der Waals surface area contributed by atoms with Gasteiger partial charge in [-0.3, -0.25) is 0 Å². The predicted molar refractivity (Wildman–Crippen MR) is 400 cm³/mol. The average Bonchev–Trinajstić information content (AvgIpc) is 0.681. The Hall–Kier alpha value is -11.7. The van der Waals surface area contributed by atoms with E-state index in [2.05, 4.69) is 244 Å². The highest BCUT2D eigenvalue weighted by Crippen LogP contribution is 2.55. The number of anilines is 15. The molecule has 0 saturated carbocycles. The van der Waals surface area contributed by atoms with Gasteiger partial charge in [-0.1, -0.05) is 236 Å². The van der Waals surface area contributed by atoms with Gasteiger partial charge in [0.2, 0.25) is 6.71 Å². The zero-order valence-electron chi connectivity index (χ0n) is 52.7. The lowest BCUT2D eigenvalue weighted by atomic mass is 9.30. The van der Waals surface area contributed by atoms with E-state index in [-0.39, 0.29) is 10.6 Å². The lowest BCUT2D eigenvalue weighted by Crippen LogP contribution is -2.65. The second-order valence-corrected chi connectivity index (χ2v) is 26.2. The number of hydrogen-bond acceptors (Lipinski definition) is 6. The molecule has 0 radical (unpaired) electrons. The van der Waals surface area contributed by atoms with Crippen LogP contribution in [0.3, 0.4) is 0 Å². The zero-order chi connectivity index (χ0) is 64.9. The van der Waals surface area contributed by atoms with Gasteiger partial charge in [0.05, 0.1) is 16.9 Å². The van der Waals surface area contributed by atoms with Crippen LogP contribution < -0.4 is 57.3 Å². The molecule has 0 N–H and O–H groups in total. The van der Waals surface area contributed by atoms with Gasteiger partial charge < -0.3 is 24.5 Å². The van der Waals surface area contributed by atoms with Crippen molar-refractivity contribution < 1.29 is 13.2 Å². The molecule has 0 aliphatic carbocycles. The normalized spacial score (nSPS) is 13.0. The third kappa shape index (κ3) is 9.66. The van der Waals surface area contributed by atoms with Crippen LogP contribution in [-0.2, 0) is 6.18 Å². The molecule has 14 aromatic rings. The molecular formula is C86H58B2F3N5S. The Morgan fingerprint density at radius 1 is 0.309 bits per heavy atom. The summed E-state index contributed by atoms with van der Waals surface area (Å²) in [5.41, 5.74) is 21.4. The number of fused-ring (bicyclic) bond motifs is 8. The van der Waals surface area contributed by atoms with Crippen LogP contribution in [-0.4, -0.2) is 13.4 Å². The third-order valence-corrected chi connectivity index (χ3v) is 20.7. The minimum atomic E-state index is -4.89. The van der Waals surface area contributed by atoms with Crippen molar-refractivity contribution in [3.63, 3.8) is 0 Å². The minimum Gasteiger partial charge on any atom is -0.311 e. The molecule has 4 aliphatic heterocycles. The van der Waals surface area contributed by atoms with Crippen molar-refractivity contribution in [1.29, 1.82) is 0 Å². The summed E-state index contributed by atoms with van der Waals surface area (Å²) in [6.07, 6.45) is -4.89. The molecule has 0 spiro atoms. The van der Waals surface area contributed by atoms with E-state index in [0.29, 0.717) is 22.3 Å². The third-order valence-electron chi connectivity index (χ3n) is 19.5. The molecule has 460 valence electrons. The quantitative estimate of drug-likeness (QED) is 0.119. The minimum absolute atomic E-state index is 0.121. The molecule has 0 atom stereocenters. The molecule has 4 heterocycles. The van der Waals surface area contributed by atoms with Crippen molar-refractivity contribution in [1.82, 2.24) is 0 Å². The fourth-order valence-electron chi connectivity index (χ4n) is 15.5. The monoisotopic (exact) mass is 1270 g/mol. The number of nitrogens with zero attached hydrogens (tertiary/aromatic N) is 5. The van der Waals surface area contributed by atoms with E-state index in [1.165, 1.54) is 11.8 Å². The number of hydrogen-bond donors (Lipinski definition) is 0. The van der Waals surface area contributed by atoms with Crippen LogP contribution in [0.4, 0.5) is 98.5 Å². The maximum absolute atomic E-state index is 18.3. The van der Waals surface area contributed by atoms with Gasteiger partial charge in [-0.05, 0) is 177 Å². The lowest BCUT2D eigenvalue weighted by molar-refractivity contribution is -0.139. The Balaban J connectivity index is 0.937. The molecule has 0 amide bonds. The molecule has 4 aliphatic rings. The largest absolute Gasteiger partial charge is 0.419 e. The second-order valence-electron chi connectivity index (χ2n) is 25.1. The van der Waals surface area contributed by atoms with Gasteiger partial charge in [-0.2, -0.15) is 13.2 Å². The van der Waals surface area contributed by atoms with Crippen LogP contribution in [0.5, 0.6) is 0 Å². The number of aryl methyl sites for hydroxylation is 1. The van der Waals surface area contributed by atoms with Crippen molar-refractivity contribution in [3.8, 4) is 22.3 Å². The molecular weight excluding hydrogens is 1210 g/mol. The zero-order valence-corrected chi connectivity index (χ0v) is 53.5. The Bertz CT molecular complexity index is 5320. The molecule has 18 rings (SSSR count). The number of benzene rings is 14.